The second kappa shape index (κ2) is 5.49. The van der Waals surface area contributed by atoms with E-state index in [1.165, 1.54) is 10.7 Å². The molecule has 0 spiro atoms. The van der Waals surface area contributed by atoms with Gasteiger partial charge in [-0.1, -0.05) is 6.07 Å². The highest BCUT2D eigenvalue weighted by atomic mass is 16.4. The molecule has 0 saturated heterocycles. The molecule has 2 heterocycles. The maximum absolute atomic E-state index is 12.0. The van der Waals surface area contributed by atoms with Crippen molar-refractivity contribution in [3.05, 3.63) is 36.2 Å². The summed E-state index contributed by atoms with van der Waals surface area (Å²) in [5.41, 5.74) is 0.887. The van der Waals surface area contributed by atoms with Crippen LogP contribution in [-0.4, -0.2) is 44.4 Å². The average molecular weight is 263 g/mol. The molecule has 3 N–H and O–H groups in total. The quantitative estimate of drug-likeness (QED) is 0.698. The average Bonchev–Trinajstić information content (AvgIpc) is 2.81. The van der Waals surface area contributed by atoms with Crippen LogP contribution in [0.15, 0.2) is 30.6 Å². The van der Waals surface area contributed by atoms with Crippen molar-refractivity contribution >= 4 is 17.4 Å². The minimum Gasteiger partial charge on any atom is -0.480 e. The zero-order chi connectivity index (χ0) is 13.8. The predicted molar refractivity (Wildman–Crippen MR) is 65.8 cm³/mol. The fourth-order valence-electron chi connectivity index (χ4n) is 1.73. The molecule has 1 atom stereocenters. The van der Waals surface area contributed by atoms with E-state index in [4.69, 9.17) is 10.2 Å². The molecule has 2 aromatic heterocycles. The van der Waals surface area contributed by atoms with Gasteiger partial charge in [0.1, 0.15) is 6.04 Å². The van der Waals surface area contributed by atoms with Crippen LogP contribution < -0.4 is 5.32 Å². The van der Waals surface area contributed by atoms with E-state index in [1.807, 2.05) is 0 Å². The molecule has 7 heteroatoms. The molecule has 0 aromatic carbocycles. The number of hydrogen-bond donors (Lipinski definition) is 3. The minimum absolute atomic E-state index is 0.0414. The highest BCUT2D eigenvalue weighted by molar-refractivity contribution is 6.02. The van der Waals surface area contributed by atoms with Crippen LogP contribution in [0.1, 0.15) is 16.8 Å². The number of aliphatic hydroxyl groups excluding tert-OH is 1. The number of carboxylic acid groups (broad SMARTS) is 1. The molecule has 19 heavy (non-hydrogen) atoms. The zero-order valence-electron chi connectivity index (χ0n) is 9.98. The number of nitrogens with one attached hydrogen (secondary N) is 1. The van der Waals surface area contributed by atoms with Crippen LogP contribution in [0.2, 0.25) is 0 Å². The number of nitrogens with zero attached hydrogens (tertiary/aromatic N) is 2. The molecular weight excluding hydrogens is 250 g/mol. The molecule has 7 nitrogen and oxygen atoms in total. The van der Waals surface area contributed by atoms with Crippen LogP contribution >= 0.6 is 0 Å². The van der Waals surface area contributed by atoms with E-state index in [0.717, 1.165) is 0 Å². The second-order valence-electron chi connectivity index (χ2n) is 3.97. The normalized spacial score (nSPS) is 12.3. The van der Waals surface area contributed by atoms with Crippen molar-refractivity contribution in [2.45, 2.75) is 12.5 Å². The topological polar surface area (TPSA) is 104 Å². The van der Waals surface area contributed by atoms with Gasteiger partial charge in [0, 0.05) is 19.2 Å². The maximum Gasteiger partial charge on any atom is 0.326 e. The van der Waals surface area contributed by atoms with Gasteiger partial charge in [0.15, 0.2) is 0 Å². The molecule has 0 aliphatic carbocycles. The summed E-state index contributed by atoms with van der Waals surface area (Å²) >= 11 is 0. The number of carboxylic acids is 1. The summed E-state index contributed by atoms with van der Waals surface area (Å²) in [6, 6.07) is 4.13. The first-order chi connectivity index (χ1) is 9.13. The second-order valence-corrected chi connectivity index (χ2v) is 3.97. The molecule has 0 unspecified atom stereocenters. The lowest BCUT2D eigenvalue weighted by atomic mass is 10.2. The summed E-state index contributed by atoms with van der Waals surface area (Å²) < 4.78 is 1.52. The lowest BCUT2D eigenvalue weighted by Crippen LogP contribution is -2.41. The van der Waals surface area contributed by atoms with Gasteiger partial charge in [-0.25, -0.2) is 9.31 Å². The third-order valence-corrected chi connectivity index (χ3v) is 2.69. The molecule has 100 valence electrons. The molecule has 0 aliphatic heterocycles. The van der Waals surface area contributed by atoms with Crippen LogP contribution in [0.4, 0.5) is 0 Å². The van der Waals surface area contributed by atoms with Crippen molar-refractivity contribution in [3.63, 3.8) is 0 Å². The number of carbonyl (C=O) groups excluding carboxylic acids is 1. The highest BCUT2D eigenvalue weighted by Gasteiger charge is 2.21. The van der Waals surface area contributed by atoms with Gasteiger partial charge < -0.3 is 15.5 Å². The lowest BCUT2D eigenvalue weighted by molar-refractivity contribution is -0.139. The standard InChI is InChI=1S/C12H13N3O4/c16-6-4-9(12(18)19)14-11(17)8-7-13-15-5-2-1-3-10(8)15/h1-3,5,7,9,16H,4,6H2,(H,14,17)(H,18,19)/t9-/m0/s1. The minimum atomic E-state index is -1.18. The van der Waals surface area contributed by atoms with Crippen molar-refractivity contribution in [3.8, 4) is 0 Å². The van der Waals surface area contributed by atoms with Crippen molar-refractivity contribution in [1.29, 1.82) is 0 Å². The van der Waals surface area contributed by atoms with Gasteiger partial charge in [-0.15, -0.1) is 0 Å². The maximum atomic E-state index is 12.0. The van der Waals surface area contributed by atoms with Crippen LogP contribution in [-0.2, 0) is 4.79 Å². The van der Waals surface area contributed by atoms with E-state index >= 15 is 0 Å². The Morgan fingerprint density at radius 3 is 2.89 bits per heavy atom. The molecule has 1 amide bonds. The zero-order valence-corrected chi connectivity index (χ0v) is 9.98. The molecular formula is C12H13N3O4. The van der Waals surface area contributed by atoms with Crippen molar-refractivity contribution < 1.29 is 19.8 Å². The number of amides is 1. The Balaban J connectivity index is 2.22. The Hall–Kier alpha value is -2.41. The van der Waals surface area contributed by atoms with Crippen LogP contribution in [0.25, 0.3) is 5.52 Å². The lowest BCUT2D eigenvalue weighted by Gasteiger charge is -2.12. The third-order valence-electron chi connectivity index (χ3n) is 2.69. The Morgan fingerprint density at radius 1 is 1.42 bits per heavy atom. The van der Waals surface area contributed by atoms with Crippen molar-refractivity contribution in [1.82, 2.24) is 14.9 Å². The number of aliphatic carboxylic acids is 1. The molecule has 2 aromatic rings. The highest BCUT2D eigenvalue weighted by Crippen LogP contribution is 2.10. The van der Waals surface area contributed by atoms with E-state index in [2.05, 4.69) is 10.4 Å². The SMILES string of the molecule is O=C(N[C@@H](CCO)C(=O)O)c1cnn2ccccc12. The number of rotatable bonds is 5. The van der Waals surface area contributed by atoms with E-state index in [-0.39, 0.29) is 13.0 Å². The van der Waals surface area contributed by atoms with Crippen molar-refractivity contribution in [2.75, 3.05) is 6.61 Å². The monoisotopic (exact) mass is 263 g/mol. The molecule has 0 radical (unpaired) electrons. The summed E-state index contributed by atoms with van der Waals surface area (Å²) in [4.78, 5) is 22.9. The van der Waals surface area contributed by atoms with E-state index in [9.17, 15) is 9.59 Å². The van der Waals surface area contributed by atoms with Gasteiger partial charge in [0.25, 0.3) is 5.91 Å². The fourth-order valence-corrected chi connectivity index (χ4v) is 1.73. The first-order valence-corrected chi connectivity index (χ1v) is 5.70. The number of carbonyl (C=O) groups is 2. The third kappa shape index (κ3) is 2.71. The van der Waals surface area contributed by atoms with Crippen LogP contribution in [0.5, 0.6) is 0 Å². The molecule has 0 aliphatic rings. The summed E-state index contributed by atoms with van der Waals surface area (Å²) in [5, 5.41) is 24.0. The van der Waals surface area contributed by atoms with E-state index in [1.54, 1.807) is 24.4 Å². The Morgan fingerprint density at radius 2 is 2.21 bits per heavy atom. The van der Waals surface area contributed by atoms with Crippen LogP contribution in [0.3, 0.4) is 0 Å². The van der Waals surface area contributed by atoms with Gasteiger partial charge >= 0.3 is 5.97 Å². The summed E-state index contributed by atoms with van der Waals surface area (Å²) in [7, 11) is 0. The van der Waals surface area contributed by atoms with E-state index < -0.39 is 17.9 Å². The van der Waals surface area contributed by atoms with Gasteiger partial charge in [-0.05, 0) is 12.1 Å². The molecule has 0 fully saturated rings. The smallest absolute Gasteiger partial charge is 0.326 e. The van der Waals surface area contributed by atoms with E-state index in [0.29, 0.717) is 11.1 Å². The van der Waals surface area contributed by atoms with Gasteiger partial charge in [-0.2, -0.15) is 5.10 Å². The summed E-state index contributed by atoms with van der Waals surface area (Å²) in [5.74, 6) is -1.71. The molecule has 0 bridgehead atoms. The molecule has 2 rings (SSSR count). The van der Waals surface area contributed by atoms with Gasteiger partial charge in [-0.3, -0.25) is 4.79 Å². The largest absolute Gasteiger partial charge is 0.480 e. The number of hydrogen-bond acceptors (Lipinski definition) is 4. The fraction of sp³-hybridized carbons (Fsp3) is 0.250. The van der Waals surface area contributed by atoms with Crippen LogP contribution in [0, 0.1) is 0 Å². The Bertz CT molecular complexity index is 608. The summed E-state index contributed by atoms with van der Waals surface area (Å²) in [6.07, 6.45) is 3.03. The Kier molecular flexibility index (Phi) is 3.76. The first-order valence-electron chi connectivity index (χ1n) is 5.70. The Labute approximate surface area is 108 Å². The number of aromatic nitrogens is 2. The van der Waals surface area contributed by atoms with Gasteiger partial charge in [0.2, 0.25) is 0 Å². The number of fused-ring (bicyclic) bond motifs is 1. The first kappa shape index (κ1) is 13.0. The van der Waals surface area contributed by atoms with Crippen molar-refractivity contribution in [2.24, 2.45) is 0 Å². The van der Waals surface area contributed by atoms with Gasteiger partial charge in [0.05, 0.1) is 17.3 Å². The number of pyridine rings is 1. The number of aliphatic hydroxyl groups is 1. The summed E-state index contributed by atoms with van der Waals surface area (Å²) in [6.45, 7) is -0.313. The molecule has 0 saturated carbocycles. The predicted octanol–water partition coefficient (Wildman–Crippen LogP) is -0.100.